The van der Waals surface area contributed by atoms with Gasteiger partial charge in [-0.25, -0.2) is 4.39 Å². The second kappa shape index (κ2) is 5.53. The van der Waals surface area contributed by atoms with Crippen molar-refractivity contribution < 1.29 is 22.7 Å². The molecular weight excluding hydrogens is 296 g/mol. The first-order valence-electron chi connectivity index (χ1n) is 6.43. The molecule has 0 amide bonds. The van der Waals surface area contributed by atoms with E-state index >= 15 is 0 Å². The quantitative estimate of drug-likeness (QED) is 0.797. The average Bonchev–Trinajstić information content (AvgIpc) is 2.32. The number of halogens is 5. The highest BCUT2D eigenvalue weighted by molar-refractivity contribution is 6.30. The van der Waals surface area contributed by atoms with E-state index in [2.05, 4.69) is 0 Å². The van der Waals surface area contributed by atoms with Crippen molar-refractivity contribution in [2.75, 3.05) is 0 Å². The molecule has 2 rings (SSSR count). The predicted octanol–water partition coefficient (Wildman–Crippen LogP) is 4.51. The van der Waals surface area contributed by atoms with E-state index in [1.165, 1.54) is 12.1 Å². The molecule has 0 unspecified atom stereocenters. The molecule has 1 saturated carbocycles. The Balaban J connectivity index is 2.03. The molecule has 0 heterocycles. The molecule has 1 aliphatic carbocycles. The third-order valence-electron chi connectivity index (χ3n) is 3.91. The molecule has 0 aromatic heterocycles. The molecule has 1 nitrogen and oxygen atoms in total. The lowest BCUT2D eigenvalue weighted by Crippen LogP contribution is -2.40. The van der Waals surface area contributed by atoms with E-state index in [9.17, 15) is 22.7 Å². The Hall–Kier alpha value is -0.810. The monoisotopic (exact) mass is 310 g/mol. The standard InChI is InChI=1S/C14H15ClF4O/c15-11-2-1-9(12(16)7-11)8-13(20)5-3-10(4-6-13)14(17,18)19/h1-2,7,10,20H,3-6,8H2. The van der Waals surface area contributed by atoms with Crippen molar-refractivity contribution in [2.45, 2.75) is 43.9 Å². The molecule has 1 fully saturated rings. The number of alkyl halides is 3. The van der Waals surface area contributed by atoms with Crippen LogP contribution in [0.4, 0.5) is 17.6 Å². The van der Waals surface area contributed by atoms with Crippen molar-refractivity contribution in [1.29, 1.82) is 0 Å². The van der Waals surface area contributed by atoms with Gasteiger partial charge in [-0.3, -0.25) is 0 Å². The van der Waals surface area contributed by atoms with Crippen LogP contribution in [-0.2, 0) is 6.42 Å². The van der Waals surface area contributed by atoms with Crippen LogP contribution in [0.2, 0.25) is 5.02 Å². The summed E-state index contributed by atoms with van der Waals surface area (Å²) >= 11 is 5.64. The molecule has 1 N–H and O–H groups in total. The van der Waals surface area contributed by atoms with Gasteiger partial charge in [0.15, 0.2) is 0 Å². The molecule has 20 heavy (non-hydrogen) atoms. The number of aliphatic hydroxyl groups is 1. The van der Waals surface area contributed by atoms with Gasteiger partial charge in [-0.1, -0.05) is 17.7 Å². The largest absolute Gasteiger partial charge is 0.391 e. The summed E-state index contributed by atoms with van der Waals surface area (Å²) < 4.78 is 51.4. The second-order valence-electron chi connectivity index (χ2n) is 5.45. The van der Waals surface area contributed by atoms with Gasteiger partial charge in [-0.15, -0.1) is 0 Å². The van der Waals surface area contributed by atoms with E-state index in [0.29, 0.717) is 0 Å². The molecule has 0 bridgehead atoms. The molecule has 0 radical (unpaired) electrons. The predicted molar refractivity (Wildman–Crippen MR) is 68.1 cm³/mol. The van der Waals surface area contributed by atoms with E-state index in [1.807, 2.05) is 0 Å². The lowest BCUT2D eigenvalue weighted by molar-refractivity contribution is -0.192. The first-order chi connectivity index (χ1) is 9.20. The SMILES string of the molecule is OC1(Cc2ccc(Cl)cc2F)CCC(C(F)(F)F)CC1. The van der Waals surface area contributed by atoms with Crippen molar-refractivity contribution >= 4 is 11.6 Å². The van der Waals surface area contributed by atoms with Crippen LogP contribution in [0.25, 0.3) is 0 Å². The lowest BCUT2D eigenvalue weighted by Gasteiger charge is -2.36. The highest BCUT2D eigenvalue weighted by Crippen LogP contribution is 2.42. The van der Waals surface area contributed by atoms with E-state index in [0.717, 1.165) is 6.07 Å². The maximum Gasteiger partial charge on any atom is 0.391 e. The van der Waals surface area contributed by atoms with Crippen molar-refractivity contribution in [1.82, 2.24) is 0 Å². The van der Waals surface area contributed by atoms with Gasteiger partial charge in [-0.05, 0) is 43.4 Å². The van der Waals surface area contributed by atoms with E-state index in [4.69, 9.17) is 11.6 Å². The summed E-state index contributed by atoms with van der Waals surface area (Å²) in [6.45, 7) is 0. The molecule has 6 heteroatoms. The van der Waals surface area contributed by atoms with Crippen LogP contribution in [0.15, 0.2) is 18.2 Å². The first-order valence-corrected chi connectivity index (χ1v) is 6.80. The minimum absolute atomic E-state index is 0.0145. The summed E-state index contributed by atoms with van der Waals surface area (Å²) in [4.78, 5) is 0. The van der Waals surface area contributed by atoms with Crippen LogP contribution in [0.1, 0.15) is 31.2 Å². The molecule has 0 spiro atoms. The highest BCUT2D eigenvalue weighted by Gasteiger charge is 2.45. The van der Waals surface area contributed by atoms with Gasteiger partial charge in [0.1, 0.15) is 5.82 Å². The topological polar surface area (TPSA) is 20.2 Å². The highest BCUT2D eigenvalue weighted by atomic mass is 35.5. The second-order valence-corrected chi connectivity index (χ2v) is 5.89. The molecule has 1 aromatic carbocycles. The Morgan fingerprint density at radius 1 is 1.25 bits per heavy atom. The molecule has 112 valence electrons. The maximum absolute atomic E-state index is 13.7. The zero-order valence-electron chi connectivity index (χ0n) is 10.7. The van der Waals surface area contributed by atoms with Gasteiger partial charge in [0.05, 0.1) is 11.5 Å². The fourth-order valence-electron chi connectivity index (χ4n) is 2.68. The summed E-state index contributed by atoms with van der Waals surface area (Å²) in [5, 5.41) is 10.6. The van der Waals surface area contributed by atoms with E-state index < -0.39 is 23.5 Å². The van der Waals surface area contributed by atoms with Gasteiger partial charge in [0, 0.05) is 11.4 Å². The van der Waals surface area contributed by atoms with Gasteiger partial charge >= 0.3 is 6.18 Å². The minimum Gasteiger partial charge on any atom is -0.390 e. The van der Waals surface area contributed by atoms with Crippen molar-refractivity contribution in [3.05, 3.63) is 34.6 Å². The molecular formula is C14H15ClF4O. The summed E-state index contributed by atoms with van der Waals surface area (Å²) in [5.41, 5.74) is -0.987. The maximum atomic E-state index is 13.7. The fraction of sp³-hybridized carbons (Fsp3) is 0.571. The Labute approximate surface area is 119 Å². The van der Waals surface area contributed by atoms with Gasteiger partial charge in [0.25, 0.3) is 0 Å². The van der Waals surface area contributed by atoms with Gasteiger partial charge in [0.2, 0.25) is 0 Å². The van der Waals surface area contributed by atoms with E-state index in [1.54, 1.807) is 0 Å². The average molecular weight is 311 g/mol. The number of rotatable bonds is 2. The Bertz CT molecular complexity index is 479. The Kier molecular flexibility index (Phi) is 4.30. The van der Waals surface area contributed by atoms with Crippen LogP contribution < -0.4 is 0 Å². The minimum atomic E-state index is -4.22. The molecule has 1 aliphatic rings. The summed E-state index contributed by atoms with van der Waals surface area (Å²) in [6.07, 6.45) is -4.38. The smallest absolute Gasteiger partial charge is 0.390 e. The number of hydrogen-bond donors (Lipinski definition) is 1. The zero-order valence-corrected chi connectivity index (χ0v) is 11.4. The first kappa shape index (κ1) is 15.6. The third kappa shape index (κ3) is 3.64. The molecule has 0 atom stereocenters. The molecule has 0 saturated heterocycles. The Morgan fingerprint density at radius 2 is 1.85 bits per heavy atom. The molecule has 0 aliphatic heterocycles. The van der Waals surface area contributed by atoms with Crippen LogP contribution >= 0.6 is 11.6 Å². The fourth-order valence-corrected chi connectivity index (χ4v) is 2.84. The molecule has 1 aromatic rings. The normalized spacial score (nSPS) is 27.6. The number of benzene rings is 1. The van der Waals surface area contributed by atoms with Crippen LogP contribution in [0.5, 0.6) is 0 Å². The van der Waals surface area contributed by atoms with Crippen LogP contribution in [-0.4, -0.2) is 16.9 Å². The summed E-state index contributed by atoms with van der Waals surface area (Å²) in [6, 6.07) is 4.11. The van der Waals surface area contributed by atoms with Crippen LogP contribution in [0, 0.1) is 11.7 Å². The van der Waals surface area contributed by atoms with Crippen molar-refractivity contribution in [3.8, 4) is 0 Å². The van der Waals surface area contributed by atoms with Crippen LogP contribution in [0.3, 0.4) is 0 Å². The van der Waals surface area contributed by atoms with Gasteiger partial charge in [-0.2, -0.15) is 13.2 Å². The third-order valence-corrected chi connectivity index (χ3v) is 4.15. The summed E-state index contributed by atoms with van der Waals surface area (Å²) in [7, 11) is 0. The van der Waals surface area contributed by atoms with Crippen molar-refractivity contribution in [3.63, 3.8) is 0 Å². The summed E-state index contributed by atoms with van der Waals surface area (Å²) in [5.74, 6) is -1.90. The zero-order chi connectivity index (χ0) is 15.0. The number of hydrogen-bond acceptors (Lipinski definition) is 1. The van der Waals surface area contributed by atoms with Crippen molar-refractivity contribution in [2.24, 2.45) is 5.92 Å². The lowest BCUT2D eigenvalue weighted by atomic mass is 9.75. The Morgan fingerprint density at radius 3 is 2.35 bits per heavy atom. The van der Waals surface area contributed by atoms with E-state index in [-0.39, 0.29) is 42.7 Å². The van der Waals surface area contributed by atoms with Gasteiger partial charge < -0.3 is 5.11 Å².